The number of esters is 1. The molecule has 0 aliphatic heterocycles. The van der Waals surface area contributed by atoms with E-state index in [1.54, 1.807) is 0 Å². The van der Waals surface area contributed by atoms with Gasteiger partial charge in [0.15, 0.2) is 0 Å². The molecule has 1 fully saturated rings. The summed E-state index contributed by atoms with van der Waals surface area (Å²) >= 11 is 4.35. The first-order chi connectivity index (χ1) is 8.32. The van der Waals surface area contributed by atoms with Gasteiger partial charge >= 0.3 is 5.97 Å². The van der Waals surface area contributed by atoms with E-state index in [1.807, 2.05) is 13.8 Å². The highest BCUT2D eigenvalue weighted by atomic mass is 32.1. The molecule has 0 amide bonds. The summed E-state index contributed by atoms with van der Waals surface area (Å²) in [5, 5.41) is -0.296. The van der Waals surface area contributed by atoms with E-state index in [1.165, 1.54) is 12.8 Å². The highest BCUT2D eigenvalue weighted by molar-refractivity contribution is 7.81. The molecular weight excluding hydrogens is 244 g/mol. The monoisotopic (exact) mass is 272 g/mol. The molecule has 2 nitrogen and oxygen atoms in total. The van der Waals surface area contributed by atoms with Crippen LogP contribution in [0.4, 0.5) is 0 Å². The van der Waals surface area contributed by atoms with Crippen molar-refractivity contribution in [3.63, 3.8) is 0 Å². The smallest absolute Gasteiger partial charge is 0.319 e. The lowest BCUT2D eigenvalue weighted by Crippen LogP contribution is -2.38. The molecule has 1 aliphatic rings. The third kappa shape index (κ3) is 4.18. The Bertz CT molecular complexity index is 276. The van der Waals surface area contributed by atoms with Crippen LogP contribution in [-0.4, -0.2) is 17.3 Å². The molecule has 1 saturated carbocycles. The average molecular weight is 272 g/mol. The van der Waals surface area contributed by atoms with Crippen molar-refractivity contribution in [2.24, 2.45) is 23.7 Å². The number of ether oxygens (including phenoxy) is 1. The Labute approximate surface area is 117 Å². The minimum Gasteiger partial charge on any atom is -0.461 e. The van der Waals surface area contributed by atoms with E-state index in [9.17, 15) is 4.79 Å². The quantitative estimate of drug-likeness (QED) is 0.619. The zero-order chi connectivity index (χ0) is 13.9. The summed E-state index contributed by atoms with van der Waals surface area (Å²) in [6.45, 7) is 10.7. The summed E-state index contributed by atoms with van der Waals surface area (Å²) in [6, 6.07) is 0. The van der Waals surface area contributed by atoms with E-state index in [0.717, 1.165) is 6.42 Å². The molecule has 0 heterocycles. The van der Waals surface area contributed by atoms with Crippen molar-refractivity contribution in [2.75, 3.05) is 0 Å². The van der Waals surface area contributed by atoms with E-state index in [0.29, 0.717) is 17.8 Å². The van der Waals surface area contributed by atoms with Gasteiger partial charge in [0.2, 0.25) is 0 Å². The van der Waals surface area contributed by atoms with Crippen molar-refractivity contribution < 1.29 is 9.53 Å². The summed E-state index contributed by atoms with van der Waals surface area (Å²) in [7, 11) is 0. The fraction of sp³-hybridized carbons (Fsp3) is 0.933. The number of carbonyl (C=O) groups is 1. The number of hydrogen-bond donors (Lipinski definition) is 1. The minimum atomic E-state index is -0.296. The average Bonchev–Trinajstić information content (AvgIpc) is 2.27. The number of thiol groups is 1. The van der Waals surface area contributed by atoms with Crippen molar-refractivity contribution in [1.29, 1.82) is 0 Å². The van der Waals surface area contributed by atoms with Gasteiger partial charge in [-0.3, -0.25) is 4.79 Å². The predicted octanol–water partition coefficient (Wildman–Crippen LogP) is 3.94. The lowest BCUT2D eigenvalue weighted by Gasteiger charge is -2.37. The van der Waals surface area contributed by atoms with Gasteiger partial charge in [-0.15, -0.1) is 0 Å². The van der Waals surface area contributed by atoms with Gasteiger partial charge in [-0.05, 0) is 36.5 Å². The molecule has 0 saturated heterocycles. The maximum atomic E-state index is 12.0. The summed E-state index contributed by atoms with van der Waals surface area (Å²) in [5.41, 5.74) is 0. The van der Waals surface area contributed by atoms with Gasteiger partial charge in [0.1, 0.15) is 11.4 Å². The Hall–Kier alpha value is -0.180. The lowest BCUT2D eigenvalue weighted by molar-refractivity contribution is -0.156. The maximum absolute atomic E-state index is 12.0. The molecule has 4 unspecified atom stereocenters. The Morgan fingerprint density at radius 1 is 1.22 bits per heavy atom. The third-order valence-corrected chi connectivity index (χ3v) is 4.91. The Balaban J connectivity index is 2.63. The van der Waals surface area contributed by atoms with Gasteiger partial charge in [-0.25, -0.2) is 0 Å². The van der Waals surface area contributed by atoms with Crippen LogP contribution in [0.1, 0.15) is 53.9 Å². The van der Waals surface area contributed by atoms with E-state index < -0.39 is 0 Å². The Morgan fingerprint density at radius 2 is 1.83 bits per heavy atom. The number of carbonyl (C=O) groups excluding carboxylic acids is 1. The molecule has 0 radical (unpaired) electrons. The zero-order valence-corrected chi connectivity index (χ0v) is 13.2. The van der Waals surface area contributed by atoms with Crippen LogP contribution in [0.25, 0.3) is 0 Å². The van der Waals surface area contributed by atoms with Crippen molar-refractivity contribution in [3.8, 4) is 0 Å². The molecule has 18 heavy (non-hydrogen) atoms. The fourth-order valence-corrected chi connectivity index (χ4v) is 2.80. The molecule has 0 bridgehead atoms. The van der Waals surface area contributed by atoms with Gasteiger partial charge in [-0.1, -0.05) is 41.0 Å². The van der Waals surface area contributed by atoms with Crippen molar-refractivity contribution in [1.82, 2.24) is 0 Å². The van der Waals surface area contributed by atoms with E-state index in [-0.39, 0.29) is 23.2 Å². The summed E-state index contributed by atoms with van der Waals surface area (Å²) < 4.78 is 5.74. The van der Waals surface area contributed by atoms with E-state index in [2.05, 4.69) is 33.4 Å². The van der Waals surface area contributed by atoms with Crippen LogP contribution in [0, 0.1) is 23.7 Å². The van der Waals surface area contributed by atoms with E-state index in [4.69, 9.17) is 4.74 Å². The molecule has 0 aromatic carbocycles. The van der Waals surface area contributed by atoms with Crippen LogP contribution < -0.4 is 0 Å². The SMILES string of the molecule is CC1CCC(C(C)C)C(OC(=O)C(S)C(C)C)C1. The molecule has 0 aromatic rings. The second kappa shape index (κ2) is 6.83. The predicted molar refractivity (Wildman–Crippen MR) is 78.8 cm³/mol. The molecule has 0 spiro atoms. The standard InChI is InChI=1S/C15H28O2S/c1-9(2)12-7-6-11(5)8-13(12)17-15(16)14(18)10(3)4/h9-14,18H,6-8H2,1-5H3. The molecule has 3 heteroatoms. The highest BCUT2D eigenvalue weighted by Gasteiger charge is 2.34. The minimum absolute atomic E-state index is 0.0923. The first-order valence-corrected chi connectivity index (χ1v) is 7.73. The van der Waals surface area contributed by atoms with Gasteiger partial charge in [0, 0.05) is 0 Å². The highest BCUT2D eigenvalue weighted by Crippen LogP contribution is 2.35. The van der Waals surface area contributed by atoms with E-state index >= 15 is 0 Å². The van der Waals surface area contributed by atoms with Gasteiger partial charge < -0.3 is 4.74 Å². The van der Waals surface area contributed by atoms with Gasteiger partial charge in [0.25, 0.3) is 0 Å². The van der Waals surface area contributed by atoms with Crippen molar-refractivity contribution >= 4 is 18.6 Å². The second-order valence-electron chi connectivity index (χ2n) is 6.49. The Kier molecular flexibility index (Phi) is 6.03. The molecule has 4 atom stereocenters. The molecule has 0 N–H and O–H groups in total. The lowest BCUT2D eigenvalue weighted by atomic mass is 9.75. The van der Waals surface area contributed by atoms with Crippen LogP contribution in [0.3, 0.4) is 0 Å². The van der Waals surface area contributed by atoms with Crippen LogP contribution in [0.2, 0.25) is 0 Å². The maximum Gasteiger partial charge on any atom is 0.319 e. The molecular formula is C15H28O2S. The van der Waals surface area contributed by atoms with Crippen LogP contribution in [0.15, 0.2) is 0 Å². The summed E-state index contributed by atoms with van der Waals surface area (Å²) in [5.74, 6) is 1.83. The topological polar surface area (TPSA) is 26.3 Å². The number of hydrogen-bond acceptors (Lipinski definition) is 3. The Morgan fingerprint density at radius 3 is 2.33 bits per heavy atom. The van der Waals surface area contributed by atoms with Crippen LogP contribution >= 0.6 is 12.6 Å². The summed E-state index contributed by atoms with van der Waals surface area (Å²) in [4.78, 5) is 12.0. The van der Waals surface area contributed by atoms with Crippen LogP contribution in [-0.2, 0) is 9.53 Å². The molecule has 106 valence electrons. The van der Waals surface area contributed by atoms with Gasteiger partial charge in [0.05, 0.1) is 0 Å². The summed E-state index contributed by atoms with van der Waals surface area (Å²) in [6.07, 6.45) is 3.53. The first kappa shape index (κ1) is 15.9. The molecule has 1 rings (SSSR count). The normalized spacial score (nSPS) is 30.6. The van der Waals surface area contributed by atoms with Crippen LogP contribution in [0.5, 0.6) is 0 Å². The first-order valence-electron chi connectivity index (χ1n) is 7.21. The second-order valence-corrected chi connectivity index (χ2v) is 7.05. The third-order valence-electron chi connectivity index (χ3n) is 4.10. The number of rotatable bonds is 4. The van der Waals surface area contributed by atoms with Gasteiger partial charge in [-0.2, -0.15) is 12.6 Å². The fourth-order valence-electron chi connectivity index (χ4n) is 2.74. The largest absolute Gasteiger partial charge is 0.461 e. The van der Waals surface area contributed by atoms with Crippen molar-refractivity contribution in [2.45, 2.75) is 65.2 Å². The zero-order valence-electron chi connectivity index (χ0n) is 12.3. The van der Waals surface area contributed by atoms with Crippen molar-refractivity contribution in [3.05, 3.63) is 0 Å². The molecule has 1 aliphatic carbocycles. The molecule has 0 aromatic heterocycles.